The van der Waals surface area contributed by atoms with Gasteiger partial charge in [-0.15, -0.1) is 0 Å². The van der Waals surface area contributed by atoms with Crippen molar-refractivity contribution in [2.45, 2.75) is 38.0 Å². The number of hydrogen-bond donors (Lipinski definition) is 0. The molecular formula is C32H33NO3Si. The summed E-state index contributed by atoms with van der Waals surface area (Å²) in [5.41, 5.74) is 1.89. The molecule has 1 fully saturated rings. The summed E-state index contributed by atoms with van der Waals surface area (Å²) in [5.74, 6) is 0.736. The highest BCUT2D eigenvalue weighted by atomic mass is 28.4. The van der Waals surface area contributed by atoms with Crippen LogP contribution in [0.3, 0.4) is 0 Å². The van der Waals surface area contributed by atoms with Crippen molar-refractivity contribution < 1.29 is 14.0 Å². The Labute approximate surface area is 220 Å². The van der Waals surface area contributed by atoms with E-state index in [1.54, 1.807) is 7.11 Å². The van der Waals surface area contributed by atoms with Gasteiger partial charge in [0.15, 0.2) is 6.10 Å². The standard InChI is InChI=1S/C32H33NO3Si/c1-32(2,3)37(27-16-10-6-11-17-27,28-18-12-7-13-19-28)36-30-29(24-14-8-5-9-15-24)33(31(30)34)25-20-22-26(35-4)23-21-25/h5-23,29-30H,1-4H3/t29-,30-/m0/s1. The highest BCUT2D eigenvalue weighted by Gasteiger charge is 2.58. The first-order valence-corrected chi connectivity index (χ1v) is 14.6. The van der Waals surface area contributed by atoms with E-state index >= 15 is 0 Å². The van der Waals surface area contributed by atoms with E-state index in [4.69, 9.17) is 9.16 Å². The Morgan fingerprint density at radius 3 is 1.65 bits per heavy atom. The molecule has 4 aromatic carbocycles. The van der Waals surface area contributed by atoms with E-state index in [1.807, 2.05) is 59.5 Å². The van der Waals surface area contributed by atoms with Crippen LogP contribution in [0.1, 0.15) is 32.4 Å². The molecule has 4 nitrogen and oxygen atoms in total. The molecule has 5 heteroatoms. The molecule has 1 amide bonds. The molecule has 0 saturated carbocycles. The van der Waals surface area contributed by atoms with Crippen molar-refractivity contribution >= 4 is 30.3 Å². The number of β-lactam (4-membered cyclic amide) rings is 1. The molecule has 2 atom stereocenters. The zero-order valence-corrected chi connectivity index (χ0v) is 22.8. The first-order valence-electron chi connectivity index (χ1n) is 12.7. The first-order chi connectivity index (χ1) is 17.9. The fraction of sp³-hybridized carbons (Fsp3) is 0.219. The second-order valence-electron chi connectivity index (χ2n) is 10.5. The van der Waals surface area contributed by atoms with Crippen LogP contribution in [0.5, 0.6) is 5.75 Å². The average Bonchev–Trinajstić information content (AvgIpc) is 2.93. The smallest absolute Gasteiger partial charge is 0.262 e. The van der Waals surface area contributed by atoms with Crippen molar-refractivity contribution in [2.75, 3.05) is 12.0 Å². The molecule has 0 radical (unpaired) electrons. The fourth-order valence-corrected chi connectivity index (χ4v) is 10.1. The molecule has 188 valence electrons. The molecule has 1 aliphatic rings. The van der Waals surface area contributed by atoms with Crippen LogP contribution in [0.4, 0.5) is 5.69 Å². The van der Waals surface area contributed by atoms with E-state index in [0.29, 0.717) is 0 Å². The monoisotopic (exact) mass is 507 g/mol. The first kappa shape index (κ1) is 25.0. The number of methoxy groups -OCH3 is 1. The van der Waals surface area contributed by atoms with Gasteiger partial charge < -0.3 is 9.16 Å². The third kappa shape index (κ3) is 4.39. The van der Waals surface area contributed by atoms with E-state index < -0.39 is 14.4 Å². The molecule has 4 aromatic rings. The third-order valence-electron chi connectivity index (χ3n) is 7.26. The number of anilines is 1. The Bertz CT molecular complexity index is 1300. The number of nitrogens with zero attached hydrogens (tertiary/aromatic N) is 1. The van der Waals surface area contributed by atoms with Gasteiger partial charge in [0.05, 0.1) is 13.2 Å². The Hall–Kier alpha value is -3.67. The van der Waals surface area contributed by atoms with Gasteiger partial charge in [-0.2, -0.15) is 0 Å². The second-order valence-corrected chi connectivity index (χ2v) is 14.7. The van der Waals surface area contributed by atoms with Gasteiger partial charge in [-0.1, -0.05) is 112 Å². The summed E-state index contributed by atoms with van der Waals surface area (Å²) in [7, 11) is -1.27. The van der Waals surface area contributed by atoms with E-state index in [9.17, 15) is 4.79 Å². The molecule has 0 bridgehead atoms. The topological polar surface area (TPSA) is 38.8 Å². The Morgan fingerprint density at radius 1 is 0.703 bits per heavy atom. The fourth-order valence-electron chi connectivity index (χ4n) is 5.46. The van der Waals surface area contributed by atoms with Crippen molar-refractivity contribution in [3.63, 3.8) is 0 Å². The number of rotatable bonds is 7. The summed E-state index contributed by atoms with van der Waals surface area (Å²) >= 11 is 0. The zero-order chi connectivity index (χ0) is 26.0. The van der Waals surface area contributed by atoms with E-state index in [2.05, 4.69) is 81.4 Å². The van der Waals surface area contributed by atoms with Crippen LogP contribution < -0.4 is 20.0 Å². The molecule has 1 heterocycles. The van der Waals surface area contributed by atoms with Gasteiger partial charge in [-0.05, 0) is 45.2 Å². The van der Waals surface area contributed by atoms with Crippen molar-refractivity contribution in [1.82, 2.24) is 0 Å². The quantitative estimate of drug-likeness (QED) is 0.237. The van der Waals surface area contributed by atoms with Crippen molar-refractivity contribution in [2.24, 2.45) is 0 Å². The molecule has 1 saturated heterocycles. The minimum Gasteiger partial charge on any atom is -0.497 e. The lowest BCUT2D eigenvalue weighted by Crippen LogP contribution is -2.72. The molecule has 0 N–H and O–H groups in total. The van der Waals surface area contributed by atoms with Crippen LogP contribution in [0.15, 0.2) is 115 Å². The average molecular weight is 508 g/mol. The van der Waals surface area contributed by atoms with Gasteiger partial charge in [0.2, 0.25) is 0 Å². The van der Waals surface area contributed by atoms with Crippen molar-refractivity contribution in [1.29, 1.82) is 0 Å². The van der Waals surface area contributed by atoms with Gasteiger partial charge in [0.25, 0.3) is 14.2 Å². The van der Waals surface area contributed by atoms with Crippen LogP contribution >= 0.6 is 0 Å². The number of carbonyl (C=O) groups excluding carboxylic acids is 1. The maximum absolute atomic E-state index is 14.0. The van der Waals surface area contributed by atoms with Gasteiger partial charge in [-0.3, -0.25) is 9.69 Å². The lowest BCUT2D eigenvalue weighted by atomic mass is 9.90. The summed E-state index contributed by atoms with van der Waals surface area (Å²) in [6.45, 7) is 6.71. The minimum atomic E-state index is -2.91. The Morgan fingerprint density at radius 2 is 1.19 bits per heavy atom. The van der Waals surface area contributed by atoms with Crippen molar-refractivity contribution in [3.05, 3.63) is 121 Å². The third-order valence-corrected chi connectivity index (χ3v) is 12.3. The van der Waals surface area contributed by atoms with Crippen LogP contribution in [-0.2, 0) is 9.22 Å². The normalized spacial score (nSPS) is 17.8. The molecular weight excluding hydrogens is 474 g/mol. The molecule has 5 rings (SSSR count). The zero-order valence-electron chi connectivity index (χ0n) is 21.8. The molecule has 0 aromatic heterocycles. The highest BCUT2D eigenvalue weighted by Crippen LogP contribution is 2.46. The second kappa shape index (κ2) is 10.00. The number of amides is 1. The van der Waals surface area contributed by atoms with Gasteiger partial charge in [0, 0.05) is 5.69 Å². The van der Waals surface area contributed by atoms with Gasteiger partial charge in [0.1, 0.15) is 5.75 Å². The minimum absolute atomic E-state index is 0.0213. The lowest BCUT2D eigenvalue weighted by Gasteiger charge is -2.53. The molecule has 37 heavy (non-hydrogen) atoms. The molecule has 1 aliphatic heterocycles. The summed E-state index contributed by atoms with van der Waals surface area (Å²) in [5, 5.41) is 2.10. The number of carbonyl (C=O) groups is 1. The molecule has 0 spiro atoms. The maximum atomic E-state index is 14.0. The molecule has 0 aliphatic carbocycles. The van der Waals surface area contributed by atoms with Crippen LogP contribution in [0.2, 0.25) is 5.04 Å². The highest BCUT2D eigenvalue weighted by molar-refractivity contribution is 6.99. The largest absolute Gasteiger partial charge is 0.497 e. The van der Waals surface area contributed by atoms with Crippen LogP contribution in [0.25, 0.3) is 0 Å². The maximum Gasteiger partial charge on any atom is 0.262 e. The number of ether oxygens (including phenoxy) is 1. The summed E-state index contributed by atoms with van der Waals surface area (Å²) in [6, 6.07) is 38.6. The SMILES string of the molecule is COc1ccc(N2C(=O)[C@@H](O[Si](c3ccccc3)(c3ccccc3)C(C)(C)C)[C@@H]2c2ccccc2)cc1. The lowest BCUT2D eigenvalue weighted by molar-refractivity contribution is -0.135. The van der Waals surface area contributed by atoms with E-state index in [1.165, 1.54) is 0 Å². The van der Waals surface area contributed by atoms with Crippen LogP contribution in [0, 0.1) is 0 Å². The molecule has 0 unspecified atom stereocenters. The Kier molecular flexibility index (Phi) is 6.76. The summed E-state index contributed by atoms with van der Waals surface area (Å²) in [6.07, 6.45) is -0.601. The Balaban J connectivity index is 1.64. The van der Waals surface area contributed by atoms with Gasteiger partial charge in [-0.25, -0.2) is 0 Å². The van der Waals surface area contributed by atoms with Gasteiger partial charge >= 0.3 is 0 Å². The van der Waals surface area contributed by atoms with E-state index in [-0.39, 0.29) is 17.0 Å². The van der Waals surface area contributed by atoms with E-state index in [0.717, 1.165) is 27.4 Å². The van der Waals surface area contributed by atoms with Crippen molar-refractivity contribution in [3.8, 4) is 5.75 Å². The van der Waals surface area contributed by atoms with Crippen LogP contribution in [-0.4, -0.2) is 27.4 Å². The predicted octanol–water partition coefficient (Wildman–Crippen LogP) is 5.73. The summed E-state index contributed by atoms with van der Waals surface area (Å²) < 4.78 is 12.6. The predicted molar refractivity (Wildman–Crippen MR) is 152 cm³/mol. The summed E-state index contributed by atoms with van der Waals surface area (Å²) in [4.78, 5) is 15.8. The number of hydrogen-bond acceptors (Lipinski definition) is 3. The number of benzene rings is 4.